The van der Waals surface area contributed by atoms with E-state index in [1.165, 1.54) is 21.8 Å². The van der Waals surface area contributed by atoms with Gasteiger partial charge in [0, 0.05) is 41.4 Å². The number of rotatable bonds is 6. The Morgan fingerprint density at radius 3 is 2.50 bits per heavy atom. The fourth-order valence-corrected chi connectivity index (χ4v) is 4.53. The molecule has 1 unspecified atom stereocenters. The highest BCUT2D eigenvalue weighted by molar-refractivity contribution is 6.08. The van der Waals surface area contributed by atoms with Crippen molar-refractivity contribution in [1.29, 1.82) is 0 Å². The van der Waals surface area contributed by atoms with Crippen molar-refractivity contribution < 1.29 is 9.53 Å². The Morgan fingerprint density at radius 1 is 1.07 bits per heavy atom. The van der Waals surface area contributed by atoms with Crippen molar-refractivity contribution in [1.82, 2.24) is 9.47 Å². The lowest BCUT2D eigenvalue weighted by atomic mass is 9.85. The van der Waals surface area contributed by atoms with Crippen LogP contribution in [-0.4, -0.2) is 41.6 Å². The van der Waals surface area contributed by atoms with Gasteiger partial charge >= 0.3 is 0 Å². The molecule has 3 aromatic rings. The largest absolute Gasteiger partial charge is 0.379 e. The van der Waals surface area contributed by atoms with Gasteiger partial charge in [-0.15, -0.1) is 0 Å². The molecule has 4 heteroatoms. The molecule has 0 bridgehead atoms. The van der Waals surface area contributed by atoms with E-state index in [0.717, 1.165) is 38.0 Å². The Labute approximate surface area is 167 Å². The fraction of sp³-hybridized carbons (Fsp3) is 0.458. The highest BCUT2D eigenvalue weighted by Crippen LogP contribution is 2.36. The molecule has 0 aliphatic carbocycles. The van der Waals surface area contributed by atoms with Crippen LogP contribution in [0.15, 0.2) is 42.5 Å². The van der Waals surface area contributed by atoms with Crippen molar-refractivity contribution in [3.8, 4) is 0 Å². The minimum absolute atomic E-state index is 0.185. The van der Waals surface area contributed by atoms with Crippen LogP contribution in [0.1, 0.15) is 39.2 Å². The Kier molecular flexibility index (Phi) is 5.26. The van der Waals surface area contributed by atoms with E-state index < -0.39 is 5.54 Å². The molecule has 148 valence electrons. The number of fused-ring (bicyclic) bond motifs is 3. The number of carbonyl (C=O) groups is 1. The van der Waals surface area contributed by atoms with Crippen LogP contribution in [0.5, 0.6) is 0 Å². The average Bonchev–Trinajstić information content (AvgIpc) is 3.05. The van der Waals surface area contributed by atoms with Crippen LogP contribution in [0.2, 0.25) is 0 Å². The van der Waals surface area contributed by atoms with Gasteiger partial charge in [0.05, 0.1) is 13.2 Å². The molecule has 1 aliphatic rings. The summed E-state index contributed by atoms with van der Waals surface area (Å²) in [6.45, 7) is 9.94. The molecule has 4 nitrogen and oxygen atoms in total. The van der Waals surface area contributed by atoms with Gasteiger partial charge in [0.25, 0.3) is 0 Å². The van der Waals surface area contributed by atoms with E-state index in [0.29, 0.717) is 13.2 Å². The fourth-order valence-electron chi connectivity index (χ4n) is 4.53. The minimum atomic E-state index is -0.621. The molecule has 0 radical (unpaired) electrons. The zero-order valence-electron chi connectivity index (χ0n) is 17.2. The summed E-state index contributed by atoms with van der Waals surface area (Å²) < 4.78 is 7.96. The first kappa shape index (κ1) is 19.2. The van der Waals surface area contributed by atoms with Crippen molar-refractivity contribution in [2.75, 3.05) is 26.3 Å². The zero-order chi connectivity index (χ0) is 19.7. The lowest BCUT2D eigenvalue weighted by Crippen LogP contribution is -2.53. The van der Waals surface area contributed by atoms with Gasteiger partial charge in [-0.2, -0.15) is 0 Å². The highest BCUT2D eigenvalue weighted by atomic mass is 16.5. The van der Waals surface area contributed by atoms with Crippen molar-refractivity contribution in [3.63, 3.8) is 0 Å². The number of ether oxygens (including phenoxy) is 1. The smallest absolute Gasteiger partial charge is 0.154 e. The number of nitrogens with zero attached hydrogens (tertiary/aromatic N) is 2. The number of Topliss-reactive ketones (excluding diaryl/α,β-unsaturated/α-hetero) is 1. The van der Waals surface area contributed by atoms with Crippen LogP contribution in [0.3, 0.4) is 0 Å². The third-order valence-electron chi connectivity index (χ3n) is 6.40. The van der Waals surface area contributed by atoms with Crippen LogP contribution in [-0.2, 0) is 21.6 Å². The first-order valence-electron chi connectivity index (χ1n) is 10.4. The number of para-hydroxylation sites is 1. The SMILES string of the molecule is CCCCn1c2ccccc2c2ccc(C(C)(C(C)=O)N3CCOCC3)cc21. The molecular formula is C24H30N2O2. The molecule has 0 N–H and O–H groups in total. The predicted octanol–water partition coefficient (Wildman–Crippen LogP) is 4.73. The monoisotopic (exact) mass is 378 g/mol. The number of aryl methyl sites for hydroxylation is 1. The molecule has 1 fully saturated rings. The Morgan fingerprint density at radius 2 is 1.79 bits per heavy atom. The van der Waals surface area contributed by atoms with E-state index >= 15 is 0 Å². The molecule has 0 amide bonds. The first-order chi connectivity index (χ1) is 13.6. The first-order valence-corrected chi connectivity index (χ1v) is 10.4. The van der Waals surface area contributed by atoms with Crippen molar-refractivity contribution in [2.24, 2.45) is 0 Å². The van der Waals surface area contributed by atoms with Crippen LogP contribution in [0, 0.1) is 0 Å². The number of ketones is 1. The number of unbranched alkanes of at least 4 members (excludes halogenated alkanes) is 1. The summed E-state index contributed by atoms with van der Waals surface area (Å²) in [5.74, 6) is 0.185. The van der Waals surface area contributed by atoms with Gasteiger partial charge in [-0.3, -0.25) is 9.69 Å². The van der Waals surface area contributed by atoms with Gasteiger partial charge in [-0.1, -0.05) is 43.7 Å². The third-order valence-corrected chi connectivity index (χ3v) is 6.40. The molecule has 2 aromatic carbocycles. The number of morpholine rings is 1. The summed E-state index contributed by atoms with van der Waals surface area (Å²) in [6, 6.07) is 15.2. The summed E-state index contributed by atoms with van der Waals surface area (Å²) in [7, 11) is 0. The maximum absolute atomic E-state index is 12.8. The normalized spacial score (nSPS) is 17.8. The van der Waals surface area contributed by atoms with Gasteiger partial charge in [0.2, 0.25) is 0 Å². The molecule has 1 saturated heterocycles. The Balaban J connectivity index is 1.90. The van der Waals surface area contributed by atoms with Gasteiger partial charge < -0.3 is 9.30 Å². The van der Waals surface area contributed by atoms with Crippen LogP contribution in [0.25, 0.3) is 21.8 Å². The van der Waals surface area contributed by atoms with Gasteiger partial charge in [-0.25, -0.2) is 0 Å². The van der Waals surface area contributed by atoms with Crippen LogP contribution < -0.4 is 0 Å². The van der Waals surface area contributed by atoms with Gasteiger partial charge in [0.15, 0.2) is 5.78 Å². The van der Waals surface area contributed by atoms with E-state index in [2.05, 4.69) is 65.8 Å². The standard InChI is InChI=1S/C24H30N2O2/c1-4-5-12-26-22-9-7-6-8-20(22)21-11-10-19(17-23(21)26)24(3,18(2)27)25-13-15-28-16-14-25/h6-11,17H,4-5,12-16H2,1-3H3. The second kappa shape index (κ2) is 7.69. The third kappa shape index (κ3) is 3.05. The average molecular weight is 379 g/mol. The second-order valence-electron chi connectivity index (χ2n) is 7.98. The number of benzene rings is 2. The lowest BCUT2D eigenvalue weighted by Gasteiger charge is -2.42. The number of hydrogen-bond acceptors (Lipinski definition) is 3. The van der Waals surface area contributed by atoms with Crippen LogP contribution in [0.4, 0.5) is 0 Å². The second-order valence-corrected chi connectivity index (χ2v) is 7.98. The molecule has 4 rings (SSSR count). The molecule has 2 heterocycles. The summed E-state index contributed by atoms with van der Waals surface area (Å²) in [5, 5.41) is 2.55. The molecule has 28 heavy (non-hydrogen) atoms. The van der Waals surface area contributed by atoms with Crippen molar-refractivity contribution >= 4 is 27.6 Å². The van der Waals surface area contributed by atoms with Crippen molar-refractivity contribution in [2.45, 2.75) is 45.7 Å². The summed E-state index contributed by atoms with van der Waals surface area (Å²) >= 11 is 0. The quantitative estimate of drug-likeness (QED) is 0.622. The molecule has 0 spiro atoms. The number of hydrogen-bond donors (Lipinski definition) is 0. The van der Waals surface area contributed by atoms with E-state index in [1.54, 1.807) is 6.92 Å². The van der Waals surface area contributed by atoms with E-state index in [9.17, 15) is 4.79 Å². The van der Waals surface area contributed by atoms with Gasteiger partial charge in [-0.05, 0) is 38.0 Å². The summed E-state index contributed by atoms with van der Waals surface area (Å²) in [4.78, 5) is 15.1. The number of aromatic nitrogens is 1. The summed E-state index contributed by atoms with van der Waals surface area (Å²) in [5.41, 5.74) is 2.96. The lowest BCUT2D eigenvalue weighted by molar-refractivity contribution is -0.132. The summed E-state index contributed by atoms with van der Waals surface area (Å²) in [6.07, 6.45) is 2.30. The topological polar surface area (TPSA) is 34.5 Å². The molecular weight excluding hydrogens is 348 g/mol. The molecule has 1 aromatic heterocycles. The predicted molar refractivity (Wildman–Crippen MR) is 115 cm³/mol. The maximum Gasteiger partial charge on any atom is 0.154 e. The van der Waals surface area contributed by atoms with E-state index in [1.807, 2.05) is 0 Å². The Bertz CT molecular complexity index is 1000. The number of carbonyl (C=O) groups excluding carboxylic acids is 1. The van der Waals surface area contributed by atoms with Crippen molar-refractivity contribution in [3.05, 3.63) is 48.0 Å². The van der Waals surface area contributed by atoms with E-state index in [4.69, 9.17) is 4.74 Å². The minimum Gasteiger partial charge on any atom is -0.379 e. The molecule has 0 saturated carbocycles. The van der Waals surface area contributed by atoms with Gasteiger partial charge in [0.1, 0.15) is 5.54 Å². The van der Waals surface area contributed by atoms with Crippen LogP contribution >= 0.6 is 0 Å². The zero-order valence-corrected chi connectivity index (χ0v) is 17.2. The highest BCUT2D eigenvalue weighted by Gasteiger charge is 2.39. The van der Waals surface area contributed by atoms with E-state index in [-0.39, 0.29) is 5.78 Å². The molecule has 1 aliphatic heterocycles. The molecule has 1 atom stereocenters. The maximum atomic E-state index is 12.8. The Hall–Kier alpha value is -2.17.